The first-order valence-corrected chi connectivity index (χ1v) is 9.89. The number of aromatic nitrogens is 1. The number of amides is 1. The number of rotatable bonds is 3. The molecule has 1 fully saturated rings. The molecule has 1 saturated carbocycles. The molecule has 0 radical (unpaired) electrons. The van der Waals surface area contributed by atoms with Crippen molar-refractivity contribution < 1.29 is 4.79 Å². The summed E-state index contributed by atoms with van der Waals surface area (Å²) in [6.07, 6.45) is 8.21. The van der Waals surface area contributed by atoms with Crippen LogP contribution in [0.15, 0.2) is 42.5 Å². The molecule has 4 nitrogen and oxygen atoms in total. The Balaban J connectivity index is 1.45. The van der Waals surface area contributed by atoms with E-state index < -0.39 is 0 Å². The minimum absolute atomic E-state index is 0.0313. The monoisotopic (exact) mass is 349 g/mol. The van der Waals surface area contributed by atoms with E-state index in [9.17, 15) is 4.79 Å². The standard InChI is InChI=1S/C22H27N3O/c26-22(23-19-10-3-1-2-4-11-19)20-12-7-13-21(24-20)25-15-14-17-8-5-6-9-18(17)16-25/h5-9,12-13,19H,1-4,10-11,14-16H2,(H,23,26). The number of carbonyl (C=O) groups is 1. The topological polar surface area (TPSA) is 45.2 Å². The Labute approximate surface area is 155 Å². The zero-order valence-electron chi connectivity index (χ0n) is 15.3. The number of nitrogens with one attached hydrogen (secondary N) is 1. The Morgan fingerprint density at radius 3 is 2.54 bits per heavy atom. The highest BCUT2D eigenvalue weighted by molar-refractivity contribution is 5.92. The van der Waals surface area contributed by atoms with Crippen LogP contribution in [0, 0.1) is 0 Å². The van der Waals surface area contributed by atoms with E-state index in [4.69, 9.17) is 0 Å². The van der Waals surface area contributed by atoms with Crippen molar-refractivity contribution in [3.63, 3.8) is 0 Å². The molecule has 0 saturated heterocycles. The largest absolute Gasteiger partial charge is 0.352 e. The molecular weight excluding hydrogens is 322 g/mol. The van der Waals surface area contributed by atoms with Crippen LogP contribution in [0.1, 0.15) is 60.1 Å². The van der Waals surface area contributed by atoms with E-state index in [2.05, 4.69) is 39.5 Å². The van der Waals surface area contributed by atoms with Crippen molar-refractivity contribution in [3.8, 4) is 0 Å². The fourth-order valence-corrected chi connectivity index (χ4v) is 4.10. The van der Waals surface area contributed by atoms with E-state index in [0.29, 0.717) is 11.7 Å². The SMILES string of the molecule is O=C(NC1CCCCCC1)c1cccc(N2CCc3ccccc3C2)n1. The molecular formula is C22H27N3O. The van der Waals surface area contributed by atoms with Crippen LogP contribution in [0.4, 0.5) is 5.82 Å². The number of hydrogen-bond donors (Lipinski definition) is 1. The molecule has 4 rings (SSSR count). The second-order valence-electron chi connectivity index (χ2n) is 7.48. The molecule has 0 bridgehead atoms. The van der Waals surface area contributed by atoms with Gasteiger partial charge in [0.25, 0.3) is 5.91 Å². The van der Waals surface area contributed by atoms with Crippen LogP contribution >= 0.6 is 0 Å². The van der Waals surface area contributed by atoms with Gasteiger partial charge in [0.15, 0.2) is 0 Å². The zero-order chi connectivity index (χ0) is 17.8. The zero-order valence-corrected chi connectivity index (χ0v) is 15.3. The van der Waals surface area contributed by atoms with Crippen molar-refractivity contribution in [3.05, 3.63) is 59.3 Å². The first-order chi connectivity index (χ1) is 12.8. The van der Waals surface area contributed by atoms with Crippen molar-refractivity contribution in [1.82, 2.24) is 10.3 Å². The molecule has 136 valence electrons. The van der Waals surface area contributed by atoms with E-state index in [0.717, 1.165) is 38.2 Å². The van der Waals surface area contributed by atoms with Crippen LogP contribution in [0.3, 0.4) is 0 Å². The summed E-state index contributed by atoms with van der Waals surface area (Å²) in [5.74, 6) is 0.865. The molecule has 1 aliphatic carbocycles. The summed E-state index contributed by atoms with van der Waals surface area (Å²) in [4.78, 5) is 19.6. The summed E-state index contributed by atoms with van der Waals surface area (Å²) < 4.78 is 0. The Hall–Kier alpha value is -2.36. The van der Waals surface area contributed by atoms with E-state index in [1.165, 1.54) is 36.8 Å². The van der Waals surface area contributed by atoms with Gasteiger partial charge < -0.3 is 10.2 Å². The van der Waals surface area contributed by atoms with Gasteiger partial charge in [0.05, 0.1) is 0 Å². The van der Waals surface area contributed by atoms with E-state index in [1.807, 2.05) is 18.2 Å². The van der Waals surface area contributed by atoms with Gasteiger partial charge in [-0.2, -0.15) is 0 Å². The number of anilines is 1. The molecule has 1 aromatic heterocycles. The average molecular weight is 349 g/mol. The summed E-state index contributed by atoms with van der Waals surface area (Å²) in [5, 5.41) is 3.20. The lowest BCUT2D eigenvalue weighted by Gasteiger charge is -2.30. The van der Waals surface area contributed by atoms with E-state index in [-0.39, 0.29) is 5.91 Å². The van der Waals surface area contributed by atoms with Gasteiger partial charge in [-0.3, -0.25) is 4.79 Å². The number of carbonyl (C=O) groups excluding carboxylic acids is 1. The molecule has 0 unspecified atom stereocenters. The smallest absolute Gasteiger partial charge is 0.270 e. The molecule has 0 atom stereocenters. The van der Waals surface area contributed by atoms with Gasteiger partial charge in [-0.1, -0.05) is 56.0 Å². The highest BCUT2D eigenvalue weighted by atomic mass is 16.1. The molecule has 1 amide bonds. The first-order valence-electron chi connectivity index (χ1n) is 9.89. The normalized spacial score (nSPS) is 18.1. The van der Waals surface area contributed by atoms with Gasteiger partial charge in [0, 0.05) is 19.1 Å². The van der Waals surface area contributed by atoms with Gasteiger partial charge in [0.1, 0.15) is 11.5 Å². The molecule has 0 spiro atoms. The fourth-order valence-electron chi connectivity index (χ4n) is 4.10. The number of pyridine rings is 1. The number of fused-ring (bicyclic) bond motifs is 1. The minimum Gasteiger partial charge on any atom is -0.352 e. The Bertz CT molecular complexity index is 765. The van der Waals surface area contributed by atoms with Crippen LogP contribution in [-0.2, 0) is 13.0 Å². The maximum absolute atomic E-state index is 12.7. The van der Waals surface area contributed by atoms with Gasteiger partial charge >= 0.3 is 0 Å². The number of nitrogens with zero attached hydrogens (tertiary/aromatic N) is 2. The maximum atomic E-state index is 12.7. The quantitative estimate of drug-likeness (QED) is 0.849. The Kier molecular flexibility index (Phi) is 5.19. The van der Waals surface area contributed by atoms with Crippen molar-refractivity contribution in [2.45, 2.75) is 57.5 Å². The van der Waals surface area contributed by atoms with Crippen LogP contribution in [0.25, 0.3) is 0 Å². The average Bonchev–Trinajstić information content (AvgIpc) is 2.96. The van der Waals surface area contributed by atoms with Crippen molar-refractivity contribution in [2.24, 2.45) is 0 Å². The predicted octanol–water partition coefficient (Wildman–Crippen LogP) is 4.10. The van der Waals surface area contributed by atoms with Crippen LogP contribution in [0.2, 0.25) is 0 Å². The summed E-state index contributed by atoms with van der Waals surface area (Å²) in [7, 11) is 0. The maximum Gasteiger partial charge on any atom is 0.270 e. The lowest BCUT2D eigenvalue weighted by molar-refractivity contribution is 0.0928. The van der Waals surface area contributed by atoms with Crippen molar-refractivity contribution >= 4 is 11.7 Å². The molecule has 26 heavy (non-hydrogen) atoms. The number of benzene rings is 1. The molecule has 2 aliphatic rings. The summed E-state index contributed by atoms with van der Waals surface area (Å²) in [6.45, 7) is 1.80. The molecule has 1 aliphatic heterocycles. The second kappa shape index (κ2) is 7.90. The van der Waals surface area contributed by atoms with Gasteiger partial charge in [-0.25, -0.2) is 4.98 Å². The Morgan fingerprint density at radius 1 is 0.962 bits per heavy atom. The predicted molar refractivity (Wildman–Crippen MR) is 104 cm³/mol. The minimum atomic E-state index is -0.0313. The summed E-state index contributed by atoms with van der Waals surface area (Å²) >= 11 is 0. The van der Waals surface area contributed by atoms with Crippen LogP contribution in [0.5, 0.6) is 0 Å². The first kappa shape index (κ1) is 17.1. The molecule has 2 aromatic rings. The lowest BCUT2D eigenvalue weighted by atomic mass is 10.00. The fraction of sp³-hybridized carbons (Fsp3) is 0.455. The third-order valence-electron chi connectivity index (χ3n) is 5.61. The molecule has 1 aromatic carbocycles. The third-order valence-corrected chi connectivity index (χ3v) is 5.61. The molecule has 1 N–H and O–H groups in total. The van der Waals surface area contributed by atoms with Crippen LogP contribution < -0.4 is 10.2 Å². The molecule has 2 heterocycles. The third kappa shape index (κ3) is 3.90. The lowest BCUT2D eigenvalue weighted by Crippen LogP contribution is -2.35. The molecule has 4 heteroatoms. The van der Waals surface area contributed by atoms with Gasteiger partial charge in [-0.05, 0) is 42.5 Å². The summed E-state index contributed by atoms with van der Waals surface area (Å²) in [5.41, 5.74) is 3.31. The van der Waals surface area contributed by atoms with Gasteiger partial charge in [-0.15, -0.1) is 0 Å². The van der Waals surface area contributed by atoms with E-state index in [1.54, 1.807) is 0 Å². The Morgan fingerprint density at radius 2 is 1.73 bits per heavy atom. The van der Waals surface area contributed by atoms with Crippen molar-refractivity contribution in [1.29, 1.82) is 0 Å². The van der Waals surface area contributed by atoms with Gasteiger partial charge in [0.2, 0.25) is 0 Å². The van der Waals surface area contributed by atoms with Crippen molar-refractivity contribution in [2.75, 3.05) is 11.4 Å². The highest BCUT2D eigenvalue weighted by Crippen LogP contribution is 2.23. The van der Waals surface area contributed by atoms with Crippen LogP contribution in [-0.4, -0.2) is 23.5 Å². The van der Waals surface area contributed by atoms with E-state index >= 15 is 0 Å². The highest BCUT2D eigenvalue weighted by Gasteiger charge is 2.20. The number of hydrogen-bond acceptors (Lipinski definition) is 3. The second-order valence-corrected chi connectivity index (χ2v) is 7.48. The summed E-state index contributed by atoms with van der Waals surface area (Å²) in [6, 6.07) is 14.7.